The first-order valence-corrected chi connectivity index (χ1v) is 9.77. The summed E-state index contributed by atoms with van der Waals surface area (Å²) in [5.41, 5.74) is 4.05. The van der Waals surface area contributed by atoms with Crippen LogP contribution >= 0.6 is 11.3 Å². The van der Waals surface area contributed by atoms with Gasteiger partial charge in [0.1, 0.15) is 5.70 Å². The zero-order valence-corrected chi connectivity index (χ0v) is 16.3. The van der Waals surface area contributed by atoms with Gasteiger partial charge in [-0.05, 0) is 41.3 Å². The molecule has 0 bridgehead atoms. The summed E-state index contributed by atoms with van der Waals surface area (Å²) < 4.78 is 0. The predicted molar refractivity (Wildman–Crippen MR) is 118 cm³/mol. The number of allylic oxidation sites excluding steroid dienone is 1. The number of nitrogens with zero attached hydrogens (tertiary/aromatic N) is 1. The molecule has 2 N–H and O–H groups in total. The fraction of sp³-hybridized carbons (Fsp3) is 0. The average Bonchev–Trinajstić information content (AvgIpc) is 3.27. The van der Waals surface area contributed by atoms with Crippen LogP contribution in [0.3, 0.4) is 0 Å². The number of carbonyl (C=O) groups excluding carboxylic acids is 2. The van der Waals surface area contributed by atoms with Crippen molar-refractivity contribution in [3.8, 4) is 0 Å². The van der Waals surface area contributed by atoms with Crippen molar-refractivity contribution in [1.29, 1.82) is 0 Å². The van der Waals surface area contributed by atoms with Crippen LogP contribution in [0.25, 0.3) is 12.2 Å². The Morgan fingerprint density at radius 1 is 0.897 bits per heavy atom. The van der Waals surface area contributed by atoms with Gasteiger partial charge in [0.25, 0.3) is 11.8 Å². The van der Waals surface area contributed by atoms with Gasteiger partial charge in [-0.25, -0.2) is 5.43 Å². The summed E-state index contributed by atoms with van der Waals surface area (Å²) in [6, 6.07) is 22.2. The quantitative estimate of drug-likeness (QED) is 0.351. The van der Waals surface area contributed by atoms with E-state index in [1.165, 1.54) is 17.6 Å². The molecule has 3 rings (SSSR count). The largest absolute Gasteiger partial charge is 0.317 e. The molecule has 6 heteroatoms. The van der Waals surface area contributed by atoms with Gasteiger partial charge in [0.2, 0.25) is 0 Å². The fourth-order valence-corrected chi connectivity index (χ4v) is 3.03. The molecule has 0 atom stereocenters. The molecule has 0 unspecified atom stereocenters. The van der Waals surface area contributed by atoms with Gasteiger partial charge in [0.05, 0.1) is 0 Å². The van der Waals surface area contributed by atoms with Crippen LogP contribution in [0.4, 0.5) is 0 Å². The molecule has 3 aromatic rings. The van der Waals surface area contributed by atoms with E-state index >= 15 is 0 Å². The summed E-state index contributed by atoms with van der Waals surface area (Å²) >= 11 is 1.46. The van der Waals surface area contributed by atoms with Crippen molar-refractivity contribution in [3.05, 3.63) is 106 Å². The van der Waals surface area contributed by atoms with Crippen LogP contribution in [0.2, 0.25) is 0 Å². The predicted octanol–water partition coefficient (Wildman–Crippen LogP) is 4.33. The van der Waals surface area contributed by atoms with E-state index in [1.54, 1.807) is 36.4 Å². The van der Waals surface area contributed by atoms with E-state index in [0.717, 1.165) is 10.4 Å². The highest BCUT2D eigenvalue weighted by Crippen LogP contribution is 2.13. The lowest BCUT2D eigenvalue weighted by Gasteiger charge is -2.08. The highest BCUT2D eigenvalue weighted by molar-refractivity contribution is 7.10. The molecule has 0 saturated carbocycles. The van der Waals surface area contributed by atoms with Crippen molar-refractivity contribution in [2.45, 2.75) is 0 Å². The number of rotatable bonds is 7. The Hall–Kier alpha value is -3.77. The Morgan fingerprint density at radius 2 is 1.62 bits per heavy atom. The smallest absolute Gasteiger partial charge is 0.287 e. The molecule has 2 amide bonds. The lowest BCUT2D eigenvalue weighted by molar-refractivity contribution is -0.117. The molecule has 5 nitrogen and oxygen atoms in total. The lowest BCUT2D eigenvalue weighted by Crippen LogP contribution is -2.32. The Labute approximate surface area is 173 Å². The second kappa shape index (κ2) is 10.5. The SMILES string of the molecule is O=C(NN=C/C=C\c1ccccc1)/C(=C/c1cccs1)NC(=O)c1ccccc1. The van der Waals surface area contributed by atoms with Crippen LogP contribution in [0, 0.1) is 0 Å². The third-order valence-corrected chi connectivity index (χ3v) is 4.59. The summed E-state index contributed by atoms with van der Waals surface area (Å²) in [7, 11) is 0. The minimum atomic E-state index is -0.507. The number of benzene rings is 2. The van der Waals surface area contributed by atoms with Crippen molar-refractivity contribution in [1.82, 2.24) is 10.7 Å². The Morgan fingerprint density at radius 3 is 2.31 bits per heavy atom. The third kappa shape index (κ3) is 6.41. The van der Waals surface area contributed by atoms with Crippen LogP contribution in [0.1, 0.15) is 20.8 Å². The number of carbonyl (C=O) groups is 2. The number of hydrogen-bond donors (Lipinski definition) is 2. The van der Waals surface area contributed by atoms with Crippen molar-refractivity contribution in [2.24, 2.45) is 5.10 Å². The van der Waals surface area contributed by atoms with E-state index in [2.05, 4.69) is 15.8 Å². The van der Waals surface area contributed by atoms with Crippen LogP contribution in [0.15, 0.2) is 95.1 Å². The minimum absolute atomic E-state index is 0.116. The van der Waals surface area contributed by atoms with E-state index in [9.17, 15) is 9.59 Å². The molecule has 144 valence electrons. The maximum absolute atomic E-state index is 12.5. The van der Waals surface area contributed by atoms with Gasteiger partial charge in [-0.1, -0.05) is 60.7 Å². The normalized spacial score (nSPS) is 11.7. The van der Waals surface area contributed by atoms with Crippen LogP contribution in [-0.2, 0) is 4.79 Å². The van der Waals surface area contributed by atoms with Crippen molar-refractivity contribution < 1.29 is 9.59 Å². The highest BCUT2D eigenvalue weighted by Gasteiger charge is 2.14. The van der Waals surface area contributed by atoms with E-state index < -0.39 is 5.91 Å². The van der Waals surface area contributed by atoms with Crippen LogP contribution < -0.4 is 10.7 Å². The van der Waals surface area contributed by atoms with E-state index in [-0.39, 0.29) is 11.6 Å². The van der Waals surface area contributed by atoms with Crippen molar-refractivity contribution in [3.63, 3.8) is 0 Å². The second-order valence-corrected chi connectivity index (χ2v) is 6.86. The first-order valence-electron chi connectivity index (χ1n) is 8.89. The van der Waals surface area contributed by atoms with E-state index in [1.807, 2.05) is 60.0 Å². The molecule has 0 saturated heterocycles. The average molecular weight is 401 g/mol. The van der Waals surface area contributed by atoms with Gasteiger partial charge in [0, 0.05) is 16.7 Å². The summed E-state index contributed by atoms with van der Waals surface area (Å²) in [5.74, 6) is -0.872. The van der Waals surface area contributed by atoms with Gasteiger partial charge in [-0.15, -0.1) is 11.3 Å². The molecule has 2 aromatic carbocycles. The third-order valence-electron chi connectivity index (χ3n) is 3.77. The first-order chi connectivity index (χ1) is 14.2. The van der Waals surface area contributed by atoms with Crippen molar-refractivity contribution >= 4 is 41.5 Å². The minimum Gasteiger partial charge on any atom is -0.317 e. The molecule has 1 heterocycles. The van der Waals surface area contributed by atoms with Crippen LogP contribution in [-0.4, -0.2) is 18.0 Å². The van der Waals surface area contributed by atoms with Crippen molar-refractivity contribution in [2.75, 3.05) is 0 Å². The standard InChI is InChI=1S/C23H19N3O2S/c27-22(19-12-5-2-6-13-19)25-21(17-20-14-8-16-29-20)23(28)26-24-15-7-11-18-9-3-1-4-10-18/h1-17H,(H,25,27)(H,26,28)/b11-7-,21-17-,24-15?. The molecule has 0 aliphatic carbocycles. The Kier molecular flexibility index (Phi) is 7.26. The number of hydrazone groups is 1. The fourth-order valence-electron chi connectivity index (χ4n) is 2.38. The van der Waals surface area contributed by atoms with Gasteiger partial charge in [0.15, 0.2) is 0 Å². The topological polar surface area (TPSA) is 70.6 Å². The molecule has 0 spiro atoms. The van der Waals surface area contributed by atoms with Gasteiger partial charge in [-0.3, -0.25) is 9.59 Å². The number of amides is 2. The molecule has 29 heavy (non-hydrogen) atoms. The van der Waals surface area contributed by atoms with Crippen LogP contribution in [0.5, 0.6) is 0 Å². The Balaban J connectivity index is 1.67. The molecule has 0 fully saturated rings. The van der Waals surface area contributed by atoms with Gasteiger partial charge >= 0.3 is 0 Å². The number of hydrogen-bond acceptors (Lipinski definition) is 4. The van der Waals surface area contributed by atoms with Gasteiger partial charge < -0.3 is 5.32 Å². The molecule has 1 aromatic heterocycles. The molecule has 0 aliphatic heterocycles. The summed E-state index contributed by atoms with van der Waals surface area (Å²) in [5, 5.41) is 8.48. The first kappa shape index (κ1) is 20.0. The molecule has 0 radical (unpaired) electrons. The second-order valence-electron chi connectivity index (χ2n) is 5.88. The zero-order valence-electron chi connectivity index (χ0n) is 15.5. The summed E-state index contributed by atoms with van der Waals surface area (Å²) in [4.78, 5) is 25.8. The zero-order chi connectivity index (χ0) is 20.3. The molecular formula is C23H19N3O2S. The summed E-state index contributed by atoms with van der Waals surface area (Å²) in [6.45, 7) is 0. The van der Waals surface area contributed by atoms with Gasteiger partial charge in [-0.2, -0.15) is 5.10 Å². The monoisotopic (exact) mass is 401 g/mol. The molecular weight excluding hydrogens is 382 g/mol. The number of thiophene rings is 1. The maximum Gasteiger partial charge on any atom is 0.287 e. The van der Waals surface area contributed by atoms with E-state index in [4.69, 9.17) is 0 Å². The lowest BCUT2D eigenvalue weighted by atomic mass is 10.2. The highest BCUT2D eigenvalue weighted by atomic mass is 32.1. The molecule has 0 aliphatic rings. The van der Waals surface area contributed by atoms with E-state index in [0.29, 0.717) is 5.56 Å². The maximum atomic E-state index is 12.5. The summed E-state index contributed by atoms with van der Waals surface area (Å²) in [6.07, 6.45) is 6.69. The number of nitrogens with one attached hydrogen (secondary N) is 2. The Bertz CT molecular complexity index is 1020.